The molecule has 2 fully saturated rings. The van der Waals surface area contributed by atoms with Crippen molar-refractivity contribution in [3.63, 3.8) is 0 Å². The first-order valence-electron chi connectivity index (χ1n) is 19.1. The number of benzene rings is 3. The standard InChI is InChI=1S/C25H26N4O2.C18H20N4O2/c30-21-8-6-20(7-9-21)27-25-26-14-12-24(28-25)29-15-13-19-16-22(10-11-23(19)29)31-17-18-4-2-1-3-5-18;23-14-3-1-13(2-4-14)20-18-19-9-7-17(21-18)22-10-8-12-11-15(24)5-6-16(12)22/h1-5,10-16,20-21,30H,6-9,17H2,(H,26,27,28);5-11,13-14,23-24H,1-4H2,(H,19,20,21). The van der Waals surface area contributed by atoms with E-state index in [-0.39, 0.29) is 18.0 Å². The molecule has 0 saturated heterocycles. The molecule has 0 aliphatic heterocycles. The molecule has 2 saturated carbocycles. The van der Waals surface area contributed by atoms with E-state index >= 15 is 0 Å². The first-order valence-corrected chi connectivity index (χ1v) is 19.1. The van der Waals surface area contributed by atoms with Crippen LogP contribution in [0.5, 0.6) is 11.5 Å². The van der Waals surface area contributed by atoms with Crippen molar-refractivity contribution >= 4 is 33.7 Å². The van der Waals surface area contributed by atoms with Crippen LogP contribution in [-0.2, 0) is 6.61 Å². The van der Waals surface area contributed by atoms with Gasteiger partial charge in [0.1, 0.15) is 29.7 Å². The Morgan fingerprint density at radius 3 is 1.69 bits per heavy atom. The molecule has 7 aromatic rings. The van der Waals surface area contributed by atoms with Crippen LogP contribution in [0.2, 0.25) is 0 Å². The van der Waals surface area contributed by atoms with Crippen LogP contribution in [0.4, 0.5) is 11.9 Å². The molecular formula is C43H46N8O4. The topological polar surface area (TPSA) is 155 Å². The summed E-state index contributed by atoms with van der Waals surface area (Å²) < 4.78 is 10.0. The van der Waals surface area contributed by atoms with Crippen LogP contribution in [0, 0.1) is 0 Å². The number of nitrogens with one attached hydrogen (secondary N) is 2. The average Bonchev–Trinajstić information content (AvgIpc) is 3.84. The maximum atomic E-state index is 9.70. The van der Waals surface area contributed by atoms with Gasteiger partial charge in [0, 0.05) is 47.6 Å². The van der Waals surface area contributed by atoms with Gasteiger partial charge in [0.15, 0.2) is 0 Å². The Labute approximate surface area is 319 Å². The molecule has 0 radical (unpaired) electrons. The van der Waals surface area contributed by atoms with Crippen LogP contribution in [0.3, 0.4) is 0 Å². The summed E-state index contributed by atoms with van der Waals surface area (Å²) in [5.41, 5.74) is 3.20. The normalized spacial score (nSPS) is 19.7. The van der Waals surface area contributed by atoms with Gasteiger partial charge in [-0.3, -0.25) is 0 Å². The van der Waals surface area contributed by atoms with Crippen LogP contribution in [-0.4, -0.2) is 68.7 Å². The first kappa shape index (κ1) is 36.0. The van der Waals surface area contributed by atoms with Crippen molar-refractivity contribution in [3.8, 4) is 23.1 Å². The molecule has 0 unspecified atom stereocenters. The minimum atomic E-state index is -0.169. The molecule has 0 bridgehead atoms. The van der Waals surface area contributed by atoms with E-state index in [1.54, 1.807) is 24.5 Å². The number of nitrogens with zero attached hydrogens (tertiary/aromatic N) is 6. The second-order valence-corrected chi connectivity index (χ2v) is 14.4. The number of ether oxygens (including phenoxy) is 1. The molecule has 9 rings (SSSR count). The summed E-state index contributed by atoms with van der Waals surface area (Å²) in [7, 11) is 0. The van der Waals surface area contributed by atoms with Gasteiger partial charge in [0.25, 0.3) is 0 Å². The number of rotatable bonds is 9. The Morgan fingerprint density at radius 2 is 1.13 bits per heavy atom. The lowest BCUT2D eigenvalue weighted by atomic mass is 9.93. The largest absolute Gasteiger partial charge is 0.508 e. The Morgan fingerprint density at radius 1 is 0.600 bits per heavy atom. The van der Waals surface area contributed by atoms with Crippen molar-refractivity contribution in [2.24, 2.45) is 0 Å². The van der Waals surface area contributed by atoms with E-state index in [0.717, 1.165) is 96.1 Å². The van der Waals surface area contributed by atoms with E-state index in [2.05, 4.69) is 60.5 Å². The summed E-state index contributed by atoms with van der Waals surface area (Å²) in [6, 6.07) is 30.0. The van der Waals surface area contributed by atoms with Gasteiger partial charge in [-0.25, -0.2) is 9.97 Å². The molecule has 55 heavy (non-hydrogen) atoms. The van der Waals surface area contributed by atoms with Gasteiger partial charge >= 0.3 is 0 Å². The highest BCUT2D eigenvalue weighted by Gasteiger charge is 2.21. The molecule has 0 spiro atoms. The van der Waals surface area contributed by atoms with Crippen molar-refractivity contribution in [2.45, 2.75) is 82.3 Å². The Hall–Kier alpha value is -5.98. The van der Waals surface area contributed by atoms with E-state index in [9.17, 15) is 15.3 Å². The third-order valence-electron chi connectivity index (χ3n) is 10.4. The van der Waals surface area contributed by atoms with Crippen molar-refractivity contribution in [1.29, 1.82) is 0 Å². The predicted molar refractivity (Wildman–Crippen MR) is 214 cm³/mol. The molecule has 3 aromatic carbocycles. The van der Waals surface area contributed by atoms with Crippen LogP contribution in [0.15, 0.2) is 116 Å². The van der Waals surface area contributed by atoms with Crippen LogP contribution < -0.4 is 15.4 Å². The van der Waals surface area contributed by atoms with Crippen molar-refractivity contribution in [1.82, 2.24) is 29.1 Å². The number of phenols is 1. The third-order valence-corrected chi connectivity index (χ3v) is 10.4. The Kier molecular flexibility index (Phi) is 10.9. The maximum absolute atomic E-state index is 9.70. The summed E-state index contributed by atoms with van der Waals surface area (Å²) >= 11 is 0. The lowest BCUT2D eigenvalue weighted by Crippen LogP contribution is -2.29. The summed E-state index contributed by atoms with van der Waals surface area (Å²) in [5.74, 6) is 3.94. The lowest BCUT2D eigenvalue weighted by molar-refractivity contribution is 0.125. The molecule has 0 amide bonds. The Balaban J connectivity index is 0.000000160. The van der Waals surface area contributed by atoms with Gasteiger partial charge in [0.05, 0.1) is 23.2 Å². The SMILES string of the molecule is OC1CCC(Nc2nccc(-n3ccc4cc(OCc5ccccc5)ccc43)n2)CC1.Oc1ccc2c(ccn2-c2ccnc(NC3CCC(O)CC3)n2)c1. The average molecular weight is 739 g/mol. The number of hydrogen-bond donors (Lipinski definition) is 5. The summed E-state index contributed by atoms with van der Waals surface area (Å²) in [5, 5.41) is 37.8. The van der Waals surface area contributed by atoms with Crippen LogP contribution in [0.25, 0.3) is 33.4 Å². The molecule has 4 heterocycles. The highest BCUT2D eigenvalue weighted by Crippen LogP contribution is 2.27. The van der Waals surface area contributed by atoms with Gasteiger partial charge in [-0.15, -0.1) is 0 Å². The number of phenolic OH excluding ortho intramolecular Hbond substituents is 1. The van der Waals surface area contributed by atoms with Crippen molar-refractivity contribution < 1.29 is 20.1 Å². The zero-order valence-electron chi connectivity index (χ0n) is 30.6. The highest BCUT2D eigenvalue weighted by atomic mass is 16.5. The van der Waals surface area contributed by atoms with Gasteiger partial charge in [0.2, 0.25) is 11.9 Å². The van der Waals surface area contributed by atoms with Crippen LogP contribution in [0.1, 0.15) is 56.9 Å². The molecule has 4 aromatic heterocycles. The molecule has 0 atom stereocenters. The second kappa shape index (κ2) is 16.6. The van der Waals surface area contributed by atoms with Gasteiger partial charge in [-0.05, 0) is 118 Å². The minimum Gasteiger partial charge on any atom is -0.508 e. The number of aromatic nitrogens is 6. The predicted octanol–water partition coefficient (Wildman–Crippen LogP) is 7.56. The maximum Gasteiger partial charge on any atom is 0.224 e. The monoisotopic (exact) mass is 738 g/mol. The van der Waals surface area contributed by atoms with Gasteiger partial charge in [-0.2, -0.15) is 9.97 Å². The second-order valence-electron chi connectivity index (χ2n) is 14.4. The molecule has 2 aliphatic carbocycles. The first-order chi connectivity index (χ1) is 26.9. The Bertz CT molecular complexity index is 2330. The van der Waals surface area contributed by atoms with E-state index in [0.29, 0.717) is 30.6 Å². The lowest BCUT2D eigenvalue weighted by Gasteiger charge is -2.26. The van der Waals surface area contributed by atoms with E-state index < -0.39 is 0 Å². The number of aliphatic hydroxyl groups is 2. The highest BCUT2D eigenvalue weighted by molar-refractivity contribution is 5.84. The van der Waals surface area contributed by atoms with E-state index in [1.807, 2.05) is 65.5 Å². The number of aromatic hydroxyl groups is 1. The summed E-state index contributed by atoms with van der Waals surface area (Å²) in [6.07, 6.45) is 14.2. The van der Waals surface area contributed by atoms with Crippen molar-refractivity contribution in [3.05, 3.63) is 121 Å². The minimum absolute atomic E-state index is 0.168. The van der Waals surface area contributed by atoms with Crippen molar-refractivity contribution in [2.75, 3.05) is 10.6 Å². The van der Waals surface area contributed by atoms with Gasteiger partial charge < -0.3 is 39.8 Å². The summed E-state index contributed by atoms with van der Waals surface area (Å²) in [4.78, 5) is 18.1. The number of hydrogen-bond acceptors (Lipinski definition) is 10. The molecule has 12 heteroatoms. The quantitative estimate of drug-likeness (QED) is 0.100. The third kappa shape index (κ3) is 8.88. The van der Waals surface area contributed by atoms with Crippen LogP contribution >= 0.6 is 0 Å². The number of fused-ring (bicyclic) bond motifs is 2. The molecule has 2 aliphatic rings. The molecular weight excluding hydrogens is 693 g/mol. The molecule has 12 nitrogen and oxygen atoms in total. The fourth-order valence-corrected chi connectivity index (χ4v) is 7.39. The zero-order valence-corrected chi connectivity index (χ0v) is 30.6. The fraction of sp³-hybridized carbons (Fsp3) is 0.302. The number of anilines is 2. The van der Waals surface area contributed by atoms with E-state index in [1.165, 1.54) is 0 Å². The molecule has 5 N–H and O–H groups in total. The van der Waals surface area contributed by atoms with E-state index in [4.69, 9.17) is 9.72 Å². The summed E-state index contributed by atoms with van der Waals surface area (Å²) in [6.45, 7) is 0.548. The number of aliphatic hydroxyl groups excluding tert-OH is 2. The smallest absolute Gasteiger partial charge is 0.224 e. The van der Waals surface area contributed by atoms with Gasteiger partial charge in [-0.1, -0.05) is 30.3 Å². The zero-order chi connectivity index (χ0) is 37.6. The molecule has 282 valence electrons. The fourth-order valence-electron chi connectivity index (χ4n) is 7.39.